The number of aromatic nitrogens is 2. The van der Waals surface area contributed by atoms with Gasteiger partial charge in [0.15, 0.2) is 0 Å². The van der Waals surface area contributed by atoms with Crippen LogP contribution in [0.2, 0.25) is 0 Å². The average molecular weight is 473 g/mol. The molecule has 5 rings (SSSR count). The minimum Gasteiger partial charge on any atom is -0.497 e. The number of nitro groups is 1. The van der Waals surface area contributed by atoms with Gasteiger partial charge < -0.3 is 14.4 Å². The molecule has 9 nitrogen and oxygen atoms in total. The minimum absolute atomic E-state index is 0.122. The summed E-state index contributed by atoms with van der Waals surface area (Å²) in [6, 6.07) is 17.6. The average Bonchev–Trinajstić information content (AvgIpc) is 2.89. The van der Waals surface area contributed by atoms with Crippen molar-refractivity contribution in [2.75, 3.05) is 38.3 Å². The van der Waals surface area contributed by atoms with Crippen LogP contribution in [0, 0.1) is 17.0 Å². The van der Waals surface area contributed by atoms with Crippen LogP contribution in [0.3, 0.4) is 0 Å². The second-order valence-corrected chi connectivity index (χ2v) is 8.32. The third-order valence-electron chi connectivity index (χ3n) is 6.24. The molecule has 9 heteroatoms. The van der Waals surface area contributed by atoms with Gasteiger partial charge in [-0.05, 0) is 42.8 Å². The van der Waals surface area contributed by atoms with E-state index in [1.165, 1.54) is 6.07 Å². The number of hydrogen-bond donors (Lipinski definition) is 0. The maximum Gasteiger partial charge on any atom is 0.295 e. The van der Waals surface area contributed by atoms with Gasteiger partial charge in [-0.15, -0.1) is 0 Å². The van der Waals surface area contributed by atoms with E-state index < -0.39 is 10.5 Å². The summed E-state index contributed by atoms with van der Waals surface area (Å²) in [5.41, 5.74) is 2.45. The number of fused-ring (bicyclic) bond motifs is 1. The fourth-order valence-electron chi connectivity index (χ4n) is 4.46. The summed E-state index contributed by atoms with van der Waals surface area (Å²) in [5, 5.41) is 17.8. The van der Waals surface area contributed by atoms with Crippen molar-refractivity contribution < 1.29 is 14.4 Å². The monoisotopic (exact) mass is 472 g/mol. The fourth-order valence-corrected chi connectivity index (χ4v) is 4.46. The van der Waals surface area contributed by atoms with Crippen molar-refractivity contribution >= 4 is 22.1 Å². The van der Waals surface area contributed by atoms with Crippen LogP contribution in [0.25, 0.3) is 27.7 Å². The molecule has 0 aliphatic carbocycles. The number of ether oxygens (including phenoxy) is 2. The highest BCUT2D eigenvalue weighted by Crippen LogP contribution is 2.32. The number of hydrogen-bond acceptors (Lipinski definition) is 7. The van der Waals surface area contributed by atoms with Gasteiger partial charge in [0.2, 0.25) is 0 Å². The van der Waals surface area contributed by atoms with Gasteiger partial charge in [-0.1, -0.05) is 24.3 Å². The highest BCUT2D eigenvalue weighted by molar-refractivity contribution is 5.96. The molecule has 2 heterocycles. The summed E-state index contributed by atoms with van der Waals surface area (Å²) in [6.07, 6.45) is 0. The Morgan fingerprint density at radius 1 is 1.06 bits per heavy atom. The van der Waals surface area contributed by atoms with Crippen LogP contribution in [-0.2, 0) is 4.74 Å². The molecule has 0 N–H and O–H groups in total. The zero-order valence-corrected chi connectivity index (χ0v) is 19.4. The van der Waals surface area contributed by atoms with E-state index in [1.807, 2.05) is 37.3 Å². The van der Waals surface area contributed by atoms with Crippen LogP contribution < -0.4 is 15.2 Å². The van der Waals surface area contributed by atoms with E-state index in [9.17, 15) is 14.9 Å². The molecular weight excluding hydrogens is 448 g/mol. The Morgan fingerprint density at radius 3 is 2.57 bits per heavy atom. The van der Waals surface area contributed by atoms with E-state index in [4.69, 9.17) is 14.6 Å². The SMILES string of the molecule is COc1cccc(-c2nn(-c3cc(N4CCOCC4)ccc3[N+](=O)[O-])c(=O)c3cccc(C)c23)c1. The molecule has 0 amide bonds. The Hall–Kier alpha value is -4.24. The summed E-state index contributed by atoms with van der Waals surface area (Å²) in [5.74, 6) is 0.643. The number of anilines is 1. The van der Waals surface area contributed by atoms with Gasteiger partial charge in [0.1, 0.15) is 11.4 Å². The molecule has 0 unspecified atom stereocenters. The molecule has 0 saturated carbocycles. The van der Waals surface area contributed by atoms with E-state index in [-0.39, 0.29) is 11.4 Å². The molecule has 0 spiro atoms. The first-order valence-electron chi connectivity index (χ1n) is 11.3. The number of benzene rings is 3. The first-order chi connectivity index (χ1) is 17.0. The Bertz CT molecular complexity index is 1490. The molecule has 1 aliphatic heterocycles. The number of rotatable bonds is 5. The maximum atomic E-state index is 13.7. The van der Waals surface area contributed by atoms with Crippen molar-refractivity contribution in [1.29, 1.82) is 0 Å². The second kappa shape index (κ2) is 9.19. The van der Waals surface area contributed by atoms with Crippen molar-refractivity contribution in [1.82, 2.24) is 9.78 Å². The first-order valence-corrected chi connectivity index (χ1v) is 11.3. The van der Waals surface area contributed by atoms with Crippen LogP contribution in [0.1, 0.15) is 5.56 Å². The van der Waals surface area contributed by atoms with Gasteiger partial charge in [-0.25, -0.2) is 0 Å². The molecule has 0 radical (unpaired) electrons. The molecule has 4 aromatic rings. The van der Waals surface area contributed by atoms with Crippen molar-refractivity contribution in [3.8, 4) is 22.7 Å². The van der Waals surface area contributed by atoms with E-state index in [2.05, 4.69) is 4.90 Å². The van der Waals surface area contributed by atoms with Gasteiger partial charge in [0, 0.05) is 35.8 Å². The highest BCUT2D eigenvalue weighted by Gasteiger charge is 2.23. The molecule has 0 bridgehead atoms. The van der Waals surface area contributed by atoms with E-state index in [0.29, 0.717) is 48.5 Å². The highest BCUT2D eigenvalue weighted by atomic mass is 16.6. The van der Waals surface area contributed by atoms with Crippen LogP contribution in [0.5, 0.6) is 5.75 Å². The predicted molar refractivity (Wildman–Crippen MR) is 134 cm³/mol. The summed E-state index contributed by atoms with van der Waals surface area (Å²) >= 11 is 0. The molecule has 35 heavy (non-hydrogen) atoms. The third kappa shape index (κ3) is 4.10. The molecule has 178 valence electrons. The Labute approximate surface area is 201 Å². The number of nitro benzene ring substituents is 1. The normalized spacial score (nSPS) is 13.7. The molecule has 1 aliphatic rings. The van der Waals surface area contributed by atoms with E-state index >= 15 is 0 Å². The Kier molecular flexibility index (Phi) is 5.92. The van der Waals surface area contributed by atoms with Gasteiger partial charge in [-0.2, -0.15) is 9.78 Å². The van der Waals surface area contributed by atoms with Crippen LogP contribution in [0.15, 0.2) is 65.5 Å². The van der Waals surface area contributed by atoms with Crippen molar-refractivity contribution in [2.45, 2.75) is 6.92 Å². The third-order valence-corrected chi connectivity index (χ3v) is 6.24. The summed E-state index contributed by atoms with van der Waals surface area (Å²) < 4.78 is 12.0. The van der Waals surface area contributed by atoms with Gasteiger partial charge in [0.25, 0.3) is 11.2 Å². The summed E-state index contributed by atoms with van der Waals surface area (Å²) in [7, 11) is 1.58. The lowest BCUT2D eigenvalue weighted by Gasteiger charge is -2.29. The van der Waals surface area contributed by atoms with Gasteiger partial charge in [0.05, 0.1) is 36.3 Å². The summed E-state index contributed by atoms with van der Waals surface area (Å²) in [4.78, 5) is 27.2. The topological polar surface area (TPSA) is 99.7 Å². The largest absolute Gasteiger partial charge is 0.497 e. The van der Waals surface area contributed by atoms with Gasteiger partial charge >= 0.3 is 0 Å². The molecule has 1 aromatic heterocycles. The lowest BCUT2D eigenvalue weighted by Crippen LogP contribution is -2.36. The van der Waals surface area contributed by atoms with Gasteiger partial charge in [-0.3, -0.25) is 14.9 Å². The lowest BCUT2D eigenvalue weighted by molar-refractivity contribution is -0.384. The smallest absolute Gasteiger partial charge is 0.295 e. The number of methoxy groups -OCH3 is 1. The van der Waals surface area contributed by atoms with E-state index in [1.54, 1.807) is 31.4 Å². The zero-order valence-electron chi connectivity index (χ0n) is 19.4. The minimum atomic E-state index is -0.488. The second-order valence-electron chi connectivity index (χ2n) is 8.32. The lowest BCUT2D eigenvalue weighted by atomic mass is 10.0. The molecule has 1 fully saturated rings. The van der Waals surface area contributed by atoms with Crippen molar-refractivity contribution in [3.05, 3.63) is 86.7 Å². The number of morpholine rings is 1. The number of aryl methyl sites for hydroxylation is 1. The van der Waals surface area contributed by atoms with Crippen molar-refractivity contribution in [3.63, 3.8) is 0 Å². The molecule has 3 aromatic carbocycles. The van der Waals surface area contributed by atoms with Crippen LogP contribution in [0.4, 0.5) is 11.4 Å². The molecule has 0 atom stereocenters. The Balaban J connectivity index is 1.81. The van der Waals surface area contributed by atoms with Crippen LogP contribution >= 0.6 is 0 Å². The maximum absolute atomic E-state index is 13.7. The number of nitrogens with zero attached hydrogens (tertiary/aromatic N) is 4. The zero-order chi connectivity index (χ0) is 24.5. The molecule has 1 saturated heterocycles. The quantitative estimate of drug-likeness (QED) is 0.318. The van der Waals surface area contributed by atoms with Crippen molar-refractivity contribution in [2.24, 2.45) is 0 Å². The standard InChI is InChI=1S/C26H24N4O5/c1-17-5-3-8-21-24(17)25(18-6-4-7-20(15-18)34-2)27-29(26(21)31)23-16-19(9-10-22(23)30(32)33)28-11-13-35-14-12-28/h3-10,15-16H,11-14H2,1-2H3. The van der Waals surface area contributed by atoms with Crippen LogP contribution in [-0.4, -0.2) is 48.1 Å². The Morgan fingerprint density at radius 2 is 1.83 bits per heavy atom. The first kappa shape index (κ1) is 22.5. The molecular formula is C26H24N4O5. The summed E-state index contributed by atoms with van der Waals surface area (Å²) in [6.45, 7) is 4.37. The van der Waals surface area contributed by atoms with E-state index in [0.717, 1.165) is 21.5 Å². The fraction of sp³-hybridized carbons (Fsp3) is 0.231. The predicted octanol–water partition coefficient (Wildman–Crippen LogP) is 4.11.